The first-order valence-corrected chi connectivity index (χ1v) is 7.69. The van der Waals surface area contributed by atoms with E-state index in [9.17, 15) is 4.79 Å². The van der Waals surface area contributed by atoms with Crippen molar-refractivity contribution in [3.63, 3.8) is 0 Å². The number of aryl methyl sites for hydroxylation is 1. The van der Waals surface area contributed by atoms with Gasteiger partial charge in [-0.3, -0.25) is 4.79 Å². The second-order valence-electron chi connectivity index (χ2n) is 4.28. The molecule has 3 N–H and O–H groups in total. The van der Waals surface area contributed by atoms with Crippen LogP contribution in [0, 0.1) is 0 Å². The number of carbonyl (C=O) groups is 1. The zero-order chi connectivity index (χ0) is 13.2. The average molecular weight is 303 g/mol. The summed E-state index contributed by atoms with van der Waals surface area (Å²) in [7, 11) is 0. The Hall–Kier alpha value is -0.710. The van der Waals surface area contributed by atoms with E-state index in [1.165, 1.54) is 5.56 Å². The van der Waals surface area contributed by atoms with Gasteiger partial charge in [-0.15, -0.1) is 12.4 Å². The number of nitrogens with one attached hydrogen (secondary N) is 1. The second kappa shape index (κ2) is 11.1. The molecule has 1 rings (SSSR count). The van der Waals surface area contributed by atoms with Gasteiger partial charge in [0.05, 0.1) is 6.04 Å². The minimum absolute atomic E-state index is 0. The van der Waals surface area contributed by atoms with E-state index in [-0.39, 0.29) is 24.4 Å². The van der Waals surface area contributed by atoms with Crippen LogP contribution in [0.3, 0.4) is 0 Å². The first-order chi connectivity index (χ1) is 8.74. The van der Waals surface area contributed by atoms with Crippen LogP contribution >= 0.6 is 24.2 Å². The lowest BCUT2D eigenvalue weighted by atomic mass is 10.1. The molecule has 3 nitrogen and oxygen atoms in total. The number of primary amides is 1. The number of rotatable bonds is 9. The summed E-state index contributed by atoms with van der Waals surface area (Å²) >= 11 is 1.74. The maximum atomic E-state index is 11.2. The van der Waals surface area contributed by atoms with Gasteiger partial charge in [0.2, 0.25) is 5.91 Å². The molecule has 0 aliphatic carbocycles. The van der Waals surface area contributed by atoms with Crippen molar-refractivity contribution in [1.82, 2.24) is 5.32 Å². The van der Waals surface area contributed by atoms with Crippen LogP contribution in [-0.4, -0.2) is 30.5 Å². The topological polar surface area (TPSA) is 55.1 Å². The summed E-state index contributed by atoms with van der Waals surface area (Å²) in [6.45, 7) is 0.830. The summed E-state index contributed by atoms with van der Waals surface area (Å²) in [5, 5.41) is 3.24. The van der Waals surface area contributed by atoms with Crippen molar-refractivity contribution in [2.24, 2.45) is 5.73 Å². The third-order valence-corrected chi connectivity index (χ3v) is 3.47. The number of amides is 1. The van der Waals surface area contributed by atoms with Crippen LogP contribution in [-0.2, 0) is 11.2 Å². The summed E-state index contributed by atoms with van der Waals surface area (Å²) in [6.07, 6.45) is 4.89. The van der Waals surface area contributed by atoms with Gasteiger partial charge in [0.1, 0.15) is 0 Å². The Morgan fingerprint density at radius 1 is 1.37 bits per heavy atom. The molecule has 0 heterocycles. The second-order valence-corrected chi connectivity index (χ2v) is 5.27. The van der Waals surface area contributed by atoms with E-state index in [2.05, 4.69) is 17.4 Å². The predicted octanol–water partition coefficient (Wildman–Crippen LogP) is 2.24. The summed E-state index contributed by atoms with van der Waals surface area (Å²) in [5.41, 5.74) is 6.69. The number of hydrogen-bond donors (Lipinski definition) is 2. The Balaban J connectivity index is 0.00000324. The van der Waals surface area contributed by atoms with Gasteiger partial charge in [0.25, 0.3) is 0 Å². The Morgan fingerprint density at radius 3 is 2.63 bits per heavy atom. The zero-order valence-corrected chi connectivity index (χ0v) is 12.9. The van der Waals surface area contributed by atoms with Gasteiger partial charge in [-0.1, -0.05) is 30.3 Å². The molecule has 0 radical (unpaired) electrons. The molecular formula is C14H23ClN2OS. The highest BCUT2D eigenvalue weighted by Crippen LogP contribution is 2.03. The quantitative estimate of drug-likeness (QED) is 0.688. The zero-order valence-electron chi connectivity index (χ0n) is 11.3. The van der Waals surface area contributed by atoms with Gasteiger partial charge in [0, 0.05) is 0 Å². The van der Waals surface area contributed by atoms with Gasteiger partial charge in [-0.25, -0.2) is 0 Å². The molecule has 1 aromatic rings. The fourth-order valence-electron chi connectivity index (χ4n) is 1.79. The van der Waals surface area contributed by atoms with Crippen LogP contribution in [0.15, 0.2) is 30.3 Å². The van der Waals surface area contributed by atoms with Crippen LogP contribution < -0.4 is 11.1 Å². The lowest BCUT2D eigenvalue weighted by Gasteiger charge is -2.14. The molecule has 19 heavy (non-hydrogen) atoms. The van der Waals surface area contributed by atoms with E-state index in [0.29, 0.717) is 0 Å². The van der Waals surface area contributed by atoms with Crippen molar-refractivity contribution in [2.75, 3.05) is 18.6 Å². The van der Waals surface area contributed by atoms with Crippen molar-refractivity contribution >= 4 is 30.1 Å². The van der Waals surface area contributed by atoms with Crippen molar-refractivity contribution < 1.29 is 4.79 Å². The third kappa shape index (κ3) is 8.14. The van der Waals surface area contributed by atoms with Crippen molar-refractivity contribution in [1.29, 1.82) is 0 Å². The lowest BCUT2D eigenvalue weighted by molar-refractivity contribution is -0.120. The molecule has 0 aliphatic rings. The molecule has 5 heteroatoms. The predicted molar refractivity (Wildman–Crippen MR) is 86.0 cm³/mol. The number of carbonyl (C=O) groups excluding carboxylic acids is 1. The molecular weight excluding hydrogens is 280 g/mol. The molecule has 0 spiro atoms. The summed E-state index contributed by atoms with van der Waals surface area (Å²) in [5.74, 6) is 0.711. The van der Waals surface area contributed by atoms with Gasteiger partial charge in [0.15, 0.2) is 0 Å². The van der Waals surface area contributed by atoms with E-state index in [1.807, 2.05) is 24.5 Å². The standard InChI is InChI=1S/C14H22N2OS.ClH/c1-18-11-9-13(14(15)17)16-10-5-8-12-6-3-2-4-7-12;/h2-4,6-7,13,16H,5,8-11H2,1H3,(H2,15,17);1H/t13-;/m1./s1. The smallest absolute Gasteiger partial charge is 0.234 e. The number of halogens is 1. The van der Waals surface area contributed by atoms with Gasteiger partial charge >= 0.3 is 0 Å². The van der Waals surface area contributed by atoms with Gasteiger partial charge in [-0.05, 0) is 43.4 Å². The molecule has 0 aromatic heterocycles. The SMILES string of the molecule is CSCC[C@@H](NCCCc1ccccc1)C(N)=O.Cl. The van der Waals surface area contributed by atoms with Crippen LogP contribution in [0.4, 0.5) is 0 Å². The highest BCUT2D eigenvalue weighted by molar-refractivity contribution is 7.98. The maximum Gasteiger partial charge on any atom is 0.234 e. The Bertz CT molecular complexity index is 349. The molecule has 0 aliphatic heterocycles. The molecule has 1 atom stereocenters. The molecule has 0 fully saturated rings. The Morgan fingerprint density at radius 2 is 2.05 bits per heavy atom. The van der Waals surface area contributed by atoms with Crippen molar-refractivity contribution in [3.8, 4) is 0 Å². The highest BCUT2D eigenvalue weighted by Gasteiger charge is 2.13. The lowest BCUT2D eigenvalue weighted by Crippen LogP contribution is -2.42. The molecule has 0 saturated heterocycles. The molecule has 0 bridgehead atoms. The largest absolute Gasteiger partial charge is 0.368 e. The van der Waals surface area contributed by atoms with Gasteiger partial charge in [-0.2, -0.15) is 11.8 Å². The minimum atomic E-state index is -0.247. The molecule has 108 valence electrons. The van der Waals surface area contributed by atoms with Crippen molar-refractivity contribution in [3.05, 3.63) is 35.9 Å². The fourth-order valence-corrected chi connectivity index (χ4v) is 2.27. The summed E-state index contributed by atoms with van der Waals surface area (Å²) < 4.78 is 0. The average Bonchev–Trinajstić information content (AvgIpc) is 2.38. The first-order valence-electron chi connectivity index (χ1n) is 6.29. The monoisotopic (exact) mass is 302 g/mol. The molecule has 0 saturated carbocycles. The highest BCUT2D eigenvalue weighted by atomic mass is 35.5. The summed E-state index contributed by atoms with van der Waals surface area (Å²) in [6, 6.07) is 10.2. The van der Waals surface area contributed by atoms with E-state index in [4.69, 9.17) is 5.73 Å². The van der Waals surface area contributed by atoms with Crippen LogP contribution in [0.25, 0.3) is 0 Å². The van der Waals surface area contributed by atoms with Crippen LogP contribution in [0.5, 0.6) is 0 Å². The van der Waals surface area contributed by atoms with Crippen LogP contribution in [0.1, 0.15) is 18.4 Å². The Kier molecular flexibility index (Phi) is 10.7. The minimum Gasteiger partial charge on any atom is -0.368 e. The van der Waals surface area contributed by atoms with Gasteiger partial charge < -0.3 is 11.1 Å². The van der Waals surface area contributed by atoms with E-state index in [1.54, 1.807) is 11.8 Å². The van der Waals surface area contributed by atoms with Crippen molar-refractivity contribution in [2.45, 2.75) is 25.3 Å². The van der Waals surface area contributed by atoms with E-state index >= 15 is 0 Å². The normalized spacial score (nSPS) is 11.6. The van der Waals surface area contributed by atoms with Crippen LogP contribution in [0.2, 0.25) is 0 Å². The first kappa shape index (κ1) is 18.3. The third-order valence-electron chi connectivity index (χ3n) is 2.83. The maximum absolute atomic E-state index is 11.2. The Labute approximate surface area is 126 Å². The van der Waals surface area contributed by atoms with E-state index in [0.717, 1.165) is 31.6 Å². The molecule has 1 aromatic carbocycles. The fraction of sp³-hybridized carbons (Fsp3) is 0.500. The molecule has 1 amide bonds. The number of hydrogen-bond acceptors (Lipinski definition) is 3. The number of benzene rings is 1. The number of thioether (sulfide) groups is 1. The van der Waals surface area contributed by atoms with E-state index < -0.39 is 0 Å². The molecule has 0 unspecified atom stereocenters. The number of nitrogens with two attached hydrogens (primary N) is 1. The summed E-state index contributed by atoms with van der Waals surface area (Å²) in [4.78, 5) is 11.2.